The number of hydrogen-bond donors (Lipinski definition) is 2. The number of likely N-dealkylation sites (tertiary alicyclic amines) is 1. The predicted molar refractivity (Wildman–Crippen MR) is 167 cm³/mol. The fourth-order valence-electron chi connectivity index (χ4n) is 6.77. The number of aliphatic hydroxyl groups excluding tert-OH is 1. The molecule has 0 bridgehead atoms. The van der Waals surface area contributed by atoms with Gasteiger partial charge in [-0.25, -0.2) is 0 Å². The second-order valence-electron chi connectivity index (χ2n) is 11.4. The summed E-state index contributed by atoms with van der Waals surface area (Å²) in [6.45, 7) is 8.78. The van der Waals surface area contributed by atoms with E-state index < -0.39 is 11.8 Å². The van der Waals surface area contributed by atoms with Crippen LogP contribution in [0.25, 0.3) is 0 Å². The third kappa shape index (κ3) is 5.96. The van der Waals surface area contributed by atoms with Crippen molar-refractivity contribution < 1.29 is 29.0 Å². The number of nitrogens with zero attached hydrogens (tertiary/aromatic N) is 3. The largest absolute Gasteiger partial charge is 0.459 e. The number of anilines is 2. The summed E-state index contributed by atoms with van der Waals surface area (Å²) >= 11 is 0. The Morgan fingerprint density at radius 2 is 1.86 bits per heavy atom. The number of rotatable bonds is 10. The van der Waals surface area contributed by atoms with Gasteiger partial charge in [0.25, 0.3) is 5.91 Å². The Morgan fingerprint density at radius 3 is 2.52 bits per heavy atom. The highest BCUT2D eigenvalue weighted by atomic mass is 16.7. The van der Waals surface area contributed by atoms with Gasteiger partial charge >= 0.3 is 0 Å². The molecule has 234 valence electrons. The van der Waals surface area contributed by atoms with Crippen LogP contribution >= 0.6 is 0 Å². The van der Waals surface area contributed by atoms with Crippen LogP contribution in [0.4, 0.5) is 11.4 Å². The van der Waals surface area contributed by atoms with Gasteiger partial charge in [-0.05, 0) is 62.4 Å². The summed E-state index contributed by atoms with van der Waals surface area (Å²) in [6.07, 6.45) is 4.68. The van der Waals surface area contributed by atoms with Crippen molar-refractivity contribution in [2.75, 3.05) is 42.8 Å². The fourth-order valence-corrected chi connectivity index (χ4v) is 6.77. The quantitative estimate of drug-likeness (QED) is 0.425. The molecule has 10 nitrogen and oxygen atoms in total. The van der Waals surface area contributed by atoms with Crippen LogP contribution in [0.15, 0.2) is 79.2 Å². The number of piperidine rings is 1. The molecule has 44 heavy (non-hydrogen) atoms. The van der Waals surface area contributed by atoms with Gasteiger partial charge in [0.15, 0.2) is 5.76 Å². The Kier molecular flexibility index (Phi) is 9.71. The van der Waals surface area contributed by atoms with E-state index in [-0.39, 0.29) is 41.9 Å². The van der Waals surface area contributed by atoms with Gasteiger partial charge in [-0.3, -0.25) is 19.3 Å². The van der Waals surface area contributed by atoms with Crippen LogP contribution in [0.1, 0.15) is 51.0 Å². The van der Waals surface area contributed by atoms with Crippen molar-refractivity contribution in [1.29, 1.82) is 0 Å². The number of carbonyl (C=O) groups is 3. The van der Waals surface area contributed by atoms with E-state index in [1.54, 1.807) is 4.90 Å². The number of carbonyl (C=O) groups excluding carboxylic acids is 3. The van der Waals surface area contributed by atoms with E-state index in [1.807, 2.05) is 67.6 Å². The Bertz CT molecular complexity index is 1390. The fraction of sp³-hybridized carbons (Fsp3) is 0.441. The summed E-state index contributed by atoms with van der Waals surface area (Å²) in [7, 11) is 0. The van der Waals surface area contributed by atoms with Gasteiger partial charge in [0.2, 0.25) is 18.1 Å². The normalized spacial score (nSPS) is 22.7. The van der Waals surface area contributed by atoms with Gasteiger partial charge in [0.05, 0.1) is 12.4 Å². The second-order valence-corrected chi connectivity index (χ2v) is 11.4. The first-order chi connectivity index (χ1) is 21.3. The predicted octanol–water partition coefficient (Wildman–Crippen LogP) is 3.89. The van der Waals surface area contributed by atoms with E-state index in [9.17, 15) is 19.5 Å². The Balaban J connectivity index is 1.45. The topological polar surface area (TPSA) is 112 Å². The van der Waals surface area contributed by atoms with Gasteiger partial charge in [0.1, 0.15) is 5.54 Å². The highest BCUT2D eigenvalue weighted by Crippen LogP contribution is 2.44. The lowest BCUT2D eigenvalue weighted by molar-refractivity contribution is -0.171. The Labute approximate surface area is 258 Å². The molecule has 3 aliphatic heterocycles. The van der Waals surface area contributed by atoms with Crippen LogP contribution in [0.5, 0.6) is 0 Å². The van der Waals surface area contributed by atoms with Crippen LogP contribution in [-0.4, -0.2) is 72.5 Å². The average molecular weight is 603 g/mol. The van der Waals surface area contributed by atoms with E-state index in [0.717, 1.165) is 11.3 Å². The smallest absolute Gasteiger partial charge is 0.288 e. The van der Waals surface area contributed by atoms with E-state index in [2.05, 4.69) is 16.8 Å². The molecule has 1 unspecified atom stereocenters. The molecule has 2 fully saturated rings. The molecule has 3 amide bonds. The van der Waals surface area contributed by atoms with Crippen molar-refractivity contribution in [3.05, 3.63) is 84.8 Å². The van der Waals surface area contributed by atoms with Crippen LogP contribution in [0, 0.1) is 5.92 Å². The summed E-state index contributed by atoms with van der Waals surface area (Å²) in [4.78, 5) is 45.1. The number of aliphatic hydroxyl groups is 1. The SMILES string of the molecule is C=CN(C(C)=O)c1ccccc1C1C=C(C(=O)N2CCC3(CC2)C(=O)NCN3c2ccccc2)O[C@H](OCC)[C@@H]1CCCO. The molecule has 3 atom stereocenters. The van der Waals surface area contributed by atoms with Crippen LogP contribution < -0.4 is 15.1 Å². The third-order valence-electron chi connectivity index (χ3n) is 8.98. The molecule has 0 aromatic heterocycles. The van der Waals surface area contributed by atoms with Crippen molar-refractivity contribution >= 4 is 29.1 Å². The Hall–Kier alpha value is -4.15. The van der Waals surface area contributed by atoms with Gasteiger partial charge < -0.3 is 29.7 Å². The minimum atomic E-state index is -0.728. The van der Waals surface area contributed by atoms with Crippen LogP contribution in [0.3, 0.4) is 0 Å². The first-order valence-corrected chi connectivity index (χ1v) is 15.4. The zero-order valence-corrected chi connectivity index (χ0v) is 25.5. The zero-order chi connectivity index (χ0) is 31.3. The molecule has 0 aliphatic carbocycles. The molecule has 2 saturated heterocycles. The van der Waals surface area contributed by atoms with Crippen molar-refractivity contribution in [3.8, 4) is 0 Å². The van der Waals surface area contributed by atoms with Crippen molar-refractivity contribution in [2.24, 2.45) is 5.92 Å². The van der Waals surface area contributed by atoms with Crippen molar-refractivity contribution in [1.82, 2.24) is 10.2 Å². The highest BCUT2D eigenvalue weighted by molar-refractivity contribution is 5.96. The number of para-hydroxylation sites is 2. The first kappa shape index (κ1) is 31.3. The van der Waals surface area contributed by atoms with E-state index in [0.29, 0.717) is 57.7 Å². The highest BCUT2D eigenvalue weighted by Gasteiger charge is 2.51. The molecule has 0 radical (unpaired) electrons. The van der Waals surface area contributed by atoms with E-state index in [1.165, 1.54) is 18.0 Å². The number of ether oxygens (including phenoxy) is 2. The molecule has 3 aliphatic rings. The molecule has 2 aromatic rings. The van der Waals surface area contributed by atoms with Gasteiger partial charge in [0, 0.05) is 57.0 Å². The summed E-state index contributed by atoms with van der Waals surface area (Å²) in [5.74, 6) is -0.833. The lowest BCUT2D eigenvalue weighted by Gasteiger charge is -2.44. The van der Waals surface area contributed by atoms with Gasteiger partial charge in [-0.15, -0.1) is 0 Å². The average Bonchev–Trinajstić information content (AvgIpc) is 3.35. The molecule has 2 aromatic carbocycles. The van der Waals surface area contributed by atoms with Gasteiger partial charge in [-0.2, -0.15) is 0 Å². The maximum Gasteiger partial charge on any atom is 0.288 e. The molecule has 0 saturated carbocycles. The molecule has 10 heteroatoms. The molecule has 2 N–H and O–H groups in total. The lowest BCUT2D eigenvalue weighted by Crippen LogP contribution is -2.57. The third-order valence-corrected chi connectivity index (χ3v) is 8.98. The van der Waals surface area contributed by atoms with Crippen molar-refractivity contribution in [3.63, 3.8) is 0 Å². The standard InChI is InChI=1S/C34H42N4O6/c1-4-37(24(3)40)29-16-10-9-14-26(29)28-22-30(44-32(43-5-2)27(28)15-11-21-39)31(41)36-19-17-34(18-20-36)33(42)35-23-38(34)25-12-7-6-8-13-25/h4,6-10,12-14,16,22,27-28,32,39H,1,5,11,15,17-21,23H2,2-3H3,(H,35,42)/t27-,28?,32+/m1/s1. The number of allylic oxidation sites excluding steroid dienone is 1. The molecule has 5 rings (SSSR count). The first-order valence-electron chi connectivity index (χ1n) is 15.4. The molecule has 1 spiro atoms. The molecule has 3 heterocycles. The van der Waals surface area contributed by atoms with Crippen LogP contribution in [-0.2, 0) is 23.9 Å². The molecular weight excluding hydrogens is 560 g/mol. The maximum absolute atomic E-state index is 14.1. The summed E-state index contributed by atoms with van der Waals surface area (Å²) < 4.78 is 12.3. The molecular formula is C34H42N4O6. The Morgan fingerprint density at radius 1 is 1.16 bits per heavy atom. The summed E-state index contributed by atoms with van der Waals surface area (Å²) in [5, 5.41) is 12.7. The summed E-state index contributed by atoms with van der Waals surface area (Å²) in [5.41, 5.74) is 1.76. The second kappa shape index (κ2) is 13.7. The van der Waals surface area contributed by atoms with Crippen LogP contribution in [0.2, 0.25) is 0 Å². The number of hydrogen-bond acceptors (Lipinski definition) is 7. The summed E-state index contributed by atoms with van der Waals surface area (Å²) in [6, 6.07) is 17.4. The monoisotopic (exact) mass is 602 g/mol. The maximum atomic E-state index is 14.1. The minimum absolute atomic E-state index is 0.00848. The number of benzene rings is 2. The lowest BCUT2D eigenvalue weighted by atomic mass is 9.79. The van der Waals surface area contributed by atoms with E-state index in [4.69, 9.17) is 9.47 Å². The van der Waals surface area contributed by atoms with Gasteiger partial charge in [-0.1, -0.05) is 43.0 Å². The zero-order valence-electron chi connectivity index (χ0n) is 25.5. The van der Waals surface area contributed by atoms with Crippen molar-refractivity contribution in [2.45, 2.75) is 57.3 Å². The minimum Gasteiger partial charge on any atom is -0.459 e. The number of amides is 3. The number of nitrogens with one attached hydrogen (secondary N) is 1. The van der Waals surface area contributed by atoms with E-state index >= 15 is 0 Å².